The summed E-state index contributed by atoms with van der Waals surface area (Å²) in [6, 6.07) is 3.57. The van der Waals surface area contributed by atoms with Crippen LogP contribution in [0.4, 0.5) is 16.4 Å². The number of amides is 2. The molecule has 2 amide bonds. The highest BCUT2D eigenvalue weighted by molar-refractivity contribution is 5.98. The summed E-state index contributed by atoms with van der Waals surface area (Å²) in [6.07, 6.45) is 5.65. The lowest BCUT2D eigenvalue weighted by Gasteiger charge is -2.26. The van der Waals surface area contributed by atoms with E-state index in [4.69, 9.17) is 9.47 Å². The van der Waals surface area contributed by atoms with Crippen LogP contribution < -0.4 is 10.6 Å². The lowest BCUT2D eigenvalue weighted by atomic mass is 10.1. The third-order valence-corrected chi connectivity index (χ3v) is 5.05. The molecular weight excluding hydrogens is 362 g/mol. The zero-order chi connectivity index (χ0) is 19.2. The second kappa shape index (κ2) is 9.18. The molecule has 0 radical (unpaired) electrons. The molecule has 10 heteroatoms. The summed E-state index contributed by atoms with van der Waals surface area (Å²) in [5.41, 5.74) is 0. The van der Waals surface area contributed by atoms with Crippen molar-refractivity contribution in [2.75, 3.05) is 56.7 Å². The average molecular weight is 389 g/mol. The van der Waals surface area contributed by atoms with Gasteiger partial charge in [0, 0.05) is 57.4 Å². The van der Waals surface area contributed by atoms with Crippen LogP contribution >= 0.6 is 0 Å². The number of anilines is 2. The number of hydrogen-bond donors (Lipinski definition) is 2. The number of hydrogen-bond acceptors (Lipinski definition) is 6. The first-order valence-corrected chi connectivity index (χ1v) is 9.81. The predicted octanol–water partition coefficient (Wildman–Crippen LogP) is 1.41. The smallest absolute Gasteiger partial charge is 0.326 e. The Labute approximate surface area is 163 Å². The van der Waals surface area contributed by atoms with Crippen molar-refractivity contribution in [1.29, 1.82) is 0 Å². The second-order valence-electron chi connectivity index (χ2n) is 7.02. The summed E-state index contributed by atoms with van der Waals surface area (Å²) in [5, 5.41) is 14.4. The highest BCUT2D eigenvalue weighted by atomic mass is 16.5. The number of nitrogens with zero attached hydrogens (tertiary/aromatic N) is 5. The van der Waals surface area contributed by atoms with Crippen molar-refractivity contribution in [3.05, 3.63) is 24.5 Å². The van der Waals surface area contributed by atoms with Crippen LogP contribution in [0.1, 0.15) is 18.9 Å². The summed E-state index contributed by atoms with van der Waals surface area (Å²) in [6.45, 7) is 6.68. The van der Waals surface area contributed by atoms with Gasteiger partial charge in [0.05, 0.1) is 25.8 Å². The molecule has 0 spiro atoms. The number of morpholine rings is 1. The topological polar surface area (TPSA) is 98.5 Å². The van der Waals surface area contributed by atoms with Crippen molar-refractivity contribution in [1.82, 2.24) is 24.5 Å². The highest BCUT2D eigenvalue weighted by Crippen LogP contribution is 2.20. The Kier molecular flexibility index (Phi) is 6.20. The van der Waals surface area contributed by atoms with Gasteiger partial charge in [-0.15, -0.1) is 0 Å². The van der Waals surface area contributed by atoms with Gasteiger partial charge in [-0.25, -0.2) is 4.79 Å². The molecule has 10 nitrogen and oxygen atoms in total. The van der Waals surface area contributed by atoms with E-state index in [1.807, 2.05) is 21.8 Å². The van der Waals surface area contributed by atoms with Gasteiger partial charge < -0.3 is 9.47 Å². The quantitative estimate of drug-likeness (QED) is 0.775. The van der Waals surface area contributed by atoms with Crippen LogP contribution in [0.3, 0.4) is 0 Å². The monoisotopic (exact) mass is 389 g/mol. The van der Waals surface area contributed by atoms with E-state index in [-0.39, 0.29) is 6.03 Å². The molecule has 2 aliphatic heterocycles. The van der Waals surface area contributed by atoms with Crippen molar-refractivity contribution >= 4 is 17.7 Å². The molecule has 28 heavy (non-hydrogen) atoms. The summed E-state index contributed by atoms with van der Waals surface area (Å²) in [5.74, 6) is 1.04. The minimum Gasteiger partial charge on any atom is -0.381 e. The van der Waals surface area contributed by atoms with Gasteiger partial charge in [-0.1, -0.05) is 0 Å². The first-order valence-electron chi connectivity index (χ1n) is 9.81. The lowest BCUT2D eigenvalue weighted by molar-refractivity contribution is 0.0360. The van der Waals surface area contributed by atoms with Crippen LogP contribution in [0.15, 0.2) is 24.5 Å². The summed E-state index contributed by atoms with van der Waals surface area (Å²) in [4.78, 5) is 14.6. The molecule has 2 saturated heterocycles. The van der Waals surface area contributed by atoms with E-state index in [1.54, 1.807) is 12.1 Å². The first kappa shape index (κ1) is 18.9. The van der Waals surface area contributed by atoms with Gasteiger partial charge in [0.15, 0.2) is 11.6 Å². The molecular formula is C18H27N7O3. The van der Waals surface area contributed by atoms with Crippen molar-refractivity contribution < 1.29 is 14.3 Å². The molecule has 2 fully saturated rings. The van der Waals surface area contributed by atoms with E-state index in [2.05, 4.69) is 25.7 Å². The normalized spacial score (nSPS) is 18.9. The van der Waals surface area contributed by atoms with Crippen molar-refractivity contribution in [3.63, 3.8) is 0 Å². The average Bonchev–Trinajstić information content (AvgIpc) is 3.37. The van der Waals surface area contributed by atoms with Gasteiger partial charge in [0.25, 0.3) is 0 Å². The van der Waals surface area contributed by atoms with E-state index in [0.29, 0.717) is 17.7 Å². The molecule has 2 aliphatic rings. The fourth-order valence-corrected chi connectivity index (χ4v) is 3.44. The molecule has 0 aromatic carbocycles. The van der Waals surface area contributed by atoms with Gasteiger partial charge in [0.2, 0.25) is 0 Å². The highest BCUT2D eigenvalue weighted by Gasteiger charge is 2.17. The lowest BCUT2D eigenvalue weighted by Crippen LogP contribution is -2.38. The number of aromatic nitrogens is 4. The van der Waals surface area contributed by atoms with Gasteiger partial charge >= 0.3 is 6.03 Å². The molecule has 0 atom stereocenters. The predicted molar refractivity (Wildman–Crippen MR) is 103 cm³/mol. The Morgan fingerprint density at radius 2 is 1.64 bits per heavy atom. The minimum atomic E-state index is -0.351. The van der Waals surface area contributed by atoms with Crippen LogP contribution in [0, 0.1) is 0 Å². The Bertz CT molecular complexity index is 763. The van der Waals surface area contributed by atoms with E-state index in [9.17, 15) is 4.79 Å². The number of rotatable bonds is 6. The Balaban J connectivity index is 1.23. The van der Waals surface area contributed by atoms with Crippen LogP contribution in [0.5, 0.6) is 0 Å². The van der Waals surface area contributed by atoms with Gasteiger partial charge in [-0.05, 0) is 12.8 Å². The van der Waals surface area contributed by atoms with E-state index >= 15 is 0 Å². The Morgan fingerprint density at radius 3 is 2.43 bits per heavy atom. The third kappa shape index (κ3) is 5.09. The third-order valence-electron chi connectivity index (χ3n) is 5.05. The first-order chi connectivity index (χ1) is 13.8. The fraction of sp³-hybridized carbons (Fsp3) is 0.611. The van der Waals surface area contributed by atoms with Crippen LogP contribution in [-0.4, -0.2) is 76.6 Å². The molecule has 0 bridgehead atoms. The number of urea groups is 1. The van der Waals surface area contributed by atoms with Gasteiger partial charge in [-0.3, -0.25) is 24.9 Å². The van der Waals surface area contributed by atoms with Crippen molar-refractivity contribution in [2.45, 2.75) is 25.4 Å². The summed E-state index contributed by atoms with van der Waals surface area (Å²) in [7, 11) is 0. The number of ether oxygens (including phenoxy) is 2. The zero-order valence-corrected chi connectivity index (χ0v) is 15.9. The largest absolute Gasteiger partial charge is 0.381 e. The molecule has 0 saturated carbocycles. The molecule has 4 heterocycles. The molecule has 152 valence electrons. The standard InChI is InChI=1S/C18H27N7O3/c26-18(20-17-2-6-25(22-17)15-3-11-27-12-4-15)19-16-1-5-24(21-16)8-7-23-9-13-28-14-10-23/h1-2,5-6,15H,3-4,7-14H2,(H2,19,20,21,22,26). The Hall–Kier alpha value is -2.43. The molecule has 0 aliphatic carbocycles. The maximum absolute atomic E-state index is 12.2. The summed E-state index contributed by atoms with van der Waals surface area (Å²) < 4.78 is 14.5. The van der Waals surface area contributed by atoms with Crippen molar-refractivity contribution in [2.24, 2.45) is 0 Å². The number of nitrogens with one attached hydrogen (secondary N) is 2. The van der Waals surface area contributed by atoms with Crippen molar-refractivity contribution in [3.8, 4) is 0 Å². The fourth-order valence-electron chi connectivity index (χ4n) is 3.44. The van der Waals surface area contributed by atoms with Crippen LogP contribution in [0.2, 0.25) is 0 Å². The molecule has 2 aromatic heterocycles. The van der Waals surface area contributed by atoms with E-state index in [1.165, 1.54) is 0 Å². The minimum absolute atomic E-state index is 0.328. The summed E-state index contributed by atoms with van der Waals surface area (Å²) >= 11 is 0. The van der Waals surface area contributed by atoms with Gasteiger partial charge in [-0.2, -0.15) is 10.2 Å². The zero-order valence-electron chi connectivity index (χ0n) is 15.9. The van der Waals surface area contributed by atoms with E-state index < -0.39 is 0 Å². The molecule has 4 rings (SSSR count). The van der Waals surface area contributed by atoms with Crippen LogP contribution in [0.25, 0.3) is 0 Å². The Morgan fingerprint density at radius 1 is 0.964 bits per heavy atom. The number of carbonyl (C=O) groups is 1. The van der Waals surface area contributed by atoms with Crippen LogP contribution in [-0.2, 0) is 16.0 Å². The maximum Gasteiger partial charge on any atom is 0.326 e. The SMILES string of the molecule is O=C(Nc1ccn(CCN2CCOCC2)n1)Nc1ccn(C2CCOCC2)n1. The maximum atomic E-state index is 12.2. The van der Waals surface area contributed by atoms with Gasteiger partial charge in [0.1, 0.15) is 0 Å². The number of carbonyl (C=O) groups excluding carboxylic acids is 1. The molecule has 2 N–H and O–H groups in total. The second-order valence-corrected chi connectivity index (χ2v) is 7.02. The molecule has 0 unspecified atom stereocenters. The van der Waals surface area contributed by atoms with E-state index in [0.717, 1.165) is 65.4 Å². The molecule has 2 aromatic rings.